The van der Waals surface area contributed by atoms with E-state index in [2.05, 4.69) is 27.8 Å². The highest BCUT2D eigenvalue weighted by atomic mass is 35.5. The number of rotatable bonds is 39. The second-order valence-corrected chi connectivity index (χ2v) is 30.9. The highest BCUT2D eigenvalue weighted by molar-refractivity contribution is 6.34. The Morgan fingerprint density at radius 3 is 2.14 bits per heavy atom. The topological polar surface area (TPSA) is 366 Å². The lowest BCUT2D eigenvalue weighted by atomic mass is 9.78. The minimum atomic E-state index is -1.65. The fraction of sp³-hybridized carbons (Fsp3) is 0.529. The van der Waals surface area contributed by atoms with Crippen molar-refractivity contribution in [3.05, 3.63) is 147 Å². The number of ketones is 2. The van der Waals surface area contributed by atoms with Crippen LogP contribution < -0.4 is 31.5 Å². The fourth-order valence-corrected chi connectivity index (χ4v) is 14.4. The standard InChI is InChI=1S/C87H112ClN7O21/c1-55(2)81(92-74(98)36-39-110-41-43-112-45-44-111-42-40-109-38-35-67(96)33-34-76(100)95-53-65-21-12-11-19-62(65)29-30-63-20-13-14-23-68(63)95)70(97)49-64(22-17-37-90-85(89)106)83(104)91-66-31-27-60(28-32-66)54-113-78(102)26-16-25-75(99)93(8)59(6)84(105)115-73-50-77(101)94(9)69-48-61(47-57(4)80(69)88)46-56(3)18-15-24-72(108-10)87(107)51-71(114-79(103)52-87)58(5)82-86(73,7)116-82/h11-15,18-21,23-24,27-28,31-32,47-48,55,58-59,64,71-73,81-82,107H,16-17,22,25-26,33-46,49-54H2,1-10H3,(H,91,104)(H,92,98)(H3,89,90,106)/b24-15+,56-18+/t58-,59+,64-,71+,72-,73+,81+,82+,86+,87-/m1/s1. The summed E-state index contributed by atoms with van der Waals surface area (Å²) in [7, 11) is 4.45. The van der Waals surface area contributed by atoms with Gasteiger partial charge >= 0.3 is 23.9 Å². The van der Waals surface area contributed by atoms with Gasteiger partial charge in [-0.15, -0.1) is 0 Å². The van der Waals surface area contributed by atoms with Crippen LogP contribution in [0.5, 0.6) is 0 Å². The molecule has 628 valence electrons. The molecule has 0 aromatic heterocycles. The number of hydrogen-bond donors (Lipinski definition) is 5. The Bertz CT molecular complexity index is 4250. The van der Waals surface area contributed by atoms with Gasteiger partial charge in [0.1, 0.15) is 47.9 Å². The molecule has 29 heteroatoms. The van der Waals surface area contributed by atoms with E-state index in [1.807, 2.05) is 80.6 Å². The number of anilines is 3. The number of halogens is 1. The number of likely N-dealkylation sites (N-methyl/N-ethyl adjacent to an activating group) is 1. The lowest BCUT2D eigenvalue weighted by Crippen LogP contribution is -2.53. The Morgan fingerprint density at radius 1 is 0.802 bits per heavy atom. The number of para-hydroxylation sites is 1. The Balaban J connectivity index is 0.718. The molecule has 10 atom stereocenters. The Hall–Kier alpha value is -9.70. The number of amides is 7. The first-order valence-electron chi connectivity index (χ1n) is 39.6. The van der Waals surface area contributed by atoms with Crippen LogP contribution in [0.4, 0.5) is 21.9 Å². The quantitative estimate of drug-likeness (QED) is 0.00913. The number of benzene rings is 4. The number of fused-ring (bicyclic) bond motifs is 7. The van der Waals surface area contributed by atoms with Crippen molar-refractivity contribution < 1.29 is 100 Å². The Morgan fingerprint density at radius 2 is 1.46 bits per heavy atom. The zero-order valence-electron chi connectivity index (χ0n) is 68.1. The third-order valence-electron chi connectivity index (χ3n) is 21.3. The van der Waals surface area contributed by atoms with E-state index in [9.17, 15) is 57.8 Å². The summed E-state index contributed by atoms with van der Waals surface area (Å²) in [6.07, 6.45) is 1.74. The van der Waals surface area contributed by atoms with Crippen LogP contribution in [0.1, 0.15) is 158 Å². The first kappa shape index (κ1) is 91.8. The van der Waals surface area contributed by atoms with E-state index in [0.29, 0.717) is 41.3 Å². The number of nitrogens with two attached hydrogens (primary N) is 1. The van der Waals surface area contributed by atoms with Crippen molar-refractivity contribution in [2.75, 3.05) is 95.7 Å². The summed E-state index contributed by atoms with van der Waals surface area (Å²) in [6.45, 7) is 14.5. The van der Waals surface area contributed by atoms with Crippen molar-refractivity contribution in [3.63, 3.8) is 0 Å². The molecule has 7 amide bonds. The molecule has 4 bridgehead atoms. The van der Waals surface area contributed by atoms with E-state index in [1.54, 1.807) is 76.1 Å². The molecule has 0 radical (unpaired) electrons. The number of aryl methyl sites for hydroxylation is 1. The van der Waals surface area contributed by atoms with Gasteiger partial charge in [0, 0.05) is 108 Å². The number of Topliss-reactive ketones (excluding diaryl/α,β-unsaturated/α-hetero) is 2. The van der Waals surface area contributed by atoms with Crippen LogP contribution in [0.15, 0.2) is 109 Å². The summed E-state index contributed by atoms with van der Waals surface area (Å²) in [5.41, 5.74) is 9.52. The molecule has 6 N–H and O–H groups in total. The van der Waals surface area contributed by atoms with E-state index in [1.165, 1.54) is 30.9 Å². The molecule has 4 heterocycles. The van der Waals surface area contributed by atoms with Crippen LogP contribution in [-0.2, 0) is 110 Å². The number of epoxide rings is 1. The van der Waals surface area contributed by atoms with Gasteiger partial charge in [0.2, 0.25) is 29.5 Å². The number of hydrogen-bond acceptors (Lipinski definition) is 21. The third-order valence-corrected chi connectivity index (χ3v) is 21.7. The van der Waals surface area contributed by atoms with E-state index in [4.69, 9.17) is 60.0 Å². The SMILES string of the molecule is CO[C@@H]1/C=C/C=C(\C)Cc2cc(C)c(Cl)c(c2)N(C)C(=O)C[C@H](OC(=O)[C@H](C)N(C)C(=O)CCCC(=O)OCc2ccc(NC(=O)[C@H](CCCNC(N)=O)CC(=O)[C@@H](NC(=O)CCOCCOCCOCCOCCC(=O)CCC(=O)N3Cc4ccccc4C#Cc4ccccc43)C(C)C)cc2)[C@]2(C)O[C@H]2[C@H](C)[C@@H]2C[C@@]1(O)CC(=O)O2. The number of methoxy groups -OCH3 is 1. The summed E-state index contributed by atoms with van der Waals surface area (Å²) in [4.78, 5) is 152. The van der Waals surface area contributed by atoms with Gasteiger partial charge in [-0.2, -0.15) is 0 Å². The zero-order valence-corrected chi connectivity index (χ0v) is 68.9. The summed E-state index contributed by atoms with van der Waals surface area (Å²) >= 11 is 6.87. The molecule has 0 aliphatic carbocycles. The van der Waals surface area contributed by atoms with Crippen LogP contribution in [-0.4, -0.2) is 203 Å². The number of nitrogens with one attached hydrogen (secondary N) is 3. The van der Waals surface area contributed by atoms with Crippen molar-refractivity contribution >= 4 is 93.7 Å². The molecular formula is C87H112ClN7O21. The molecule has 4 aliphatic rings. The maximum absolute atomic E-state index is 14.4. The fourth-order valence-electron chi connectivity index (χ4n) is 14.2. The predicted octanol–water partition coefficient (Wildman–Crippen LogP) is 9.22. The number of carbonyl (C=O) groups is 11. The van der Waals surface area contributed by atoms with Gasteiger partial charge in [-0.25, -0.2) is 9.59 Å². The molecule has 8 rings (SSSR count). The van der Waals surface area contributed by atoms with E-state index in [-0.39, 0.29) is 166 Å². The highest BCUT2D eigenvalue weighted by Gasteiger charge is 2.64. The van der Waals surface area contributed by atoms with Crippen molar-refractivity contribution in [2.45, 2.75) is 199 Å². The second-order valence-electron chi connectivity index (χ2n) is 30.5. The van der Waals surface area contributed by atoms with E-state index >= 15 is 0 Å². The molecule has 4 aliphatic heterocycles. The summed E-state index contributed by atoms with van der Waals surface area (Å²) in [5, 5.41) is 20.5. The van der Waals surface area contributed by atoms with Gasteiger partial charge in [-0.3, -0.25) is 43.2 Å². The van der Waals surface area contributed by atoms with Crippen molar-refractivity contribution in [1.29, 1.82) is 0 Å². The first-order valence-corrected chi connectivity index (χ1v) is 40.0. The van der Waals surface area contributed by atoms with E-state index < -0.39 is 107 Å². The van der Waals surface area contributed by atoms with Crippen LogP contribution in [0, 0.1) is 36.5 Å². The number of urea groups is 1. The maximum atomic E-state index is 14.4. The maximum Gasteiger partial charge on any atom is 0.328 e. The minimum Gasteiger partial charge on any atom is -0.462 e. The summed E-state index contributed by atoms with van der Waals surface area (Å²) in [6, 6.07) is 22.6. The number of carbonyl (C=O) groups excluding carboxylic acids is 11. The van der Waals surface area contributed by atoms with Gasteiger partial charge in [-0.1, -0.05) is 117 Å². The predicted molar refractivity (Wildman–Crippen MR) is 432 cm³/mol. The molecule has 0 spiro atoms. The van der Waals surface area contributed by atoms with Crippen LogP contribution >= 0.6 is 11.6 Å². The van der Waals surface area contributed by atoms with Crippen LogP contribution in [0.25, 0.3) is 0 Å². The van der Waals surface area contributed by atoms with Crippen LogP contribution in [0.3, 0.4) is 0 Å². The van der Waals surface area contributed by atoms with Gasteiger partial charge in [0.05, 0.1) is 101 Å². The Kier molecular flexibility index (Phi) is 35.3. The summed E-state index contributed by atoms with van der Waals surface area (Å²) in [5.74, 6) is 0.0573. The van der Waals surface area contributed by atoms with Crippen molar-refractivity contribution in [1.82, 2.24) is 15.5 Å². The molecule has 0 saturated carbocycles. The second kappa shape index (κ2) is 44.6. The highest BCUT2D eigenvalue weighted by Crippen LogP contribution is 2.50. The molecule has 4 aromatic carbocycles. The molecule has 2 fully saturated rings. The van der Waals surface area contributed by atoms with Gasteiger partial charge in [0.25, 0.3) is 0 Å². The third kappa shape index (κ3) is 27.2. The largest absolute Gasteiger partial charge is 0.462 e. The molecule has 2 saturated heterocycles. The molecule has 4 aromatic rings. The lowest BCUT2D eigenvalue weighted by molar-refractivity contribution is -0.187. The molecule has 28 nitrogen and oxygen atoms in total. The molecular weight excluding hydrogens is 1510 g/mol. The summed E-state index contributed by atoms with van der Waals surface area (Å²) < 4.78 is 52.0. The normalized spacial score (nSPS) is 21.3. The van der Waals surface area contributed by atoms with Crippen molar-refractivity contribution in [2.24, 2.45) is 23.5 Å². The smallest absolute Gasteiger partial charge is 0.328 e. The average Bonchev–Trinajstić information content (AvgIpc) is 1.57. The number of primary amides is 1. The number of esters is 3. The zero-order chi connectivity index (χ0) is 84.2. The number of nitrogens with zero attached hydrogens (tertiary/aromatic N) is 3. The van der Waals surface area contributed by atoms with Gasteiger partial charge in [-0.05, 0) is 118 Å². The number of ether oxygens (including phenoxy) is 9. The van der Waals surface area contributed by atoms with Crippen molar-refractivity contribution in [3.8, 4) is 11.8 Å². The number of aliphatic hydroxyl groups is 1. The van der Waals surface area contributed by atoms with E-state index in [0.717, 1.165) is 39.1 Å². The first-order chi connectivity index (χ1) is 55.4. The van der Waals surface area contributed by atoms with Crippen LogP contribution in [0.2, 0.25) is 5.02 Å². The van der Waals surface area contributed by atoms with Gasteiger partial charge < -0.3 is 84.1 Å². The average molecular weight is 1630 g/mol. The molecule has 116 heavy (non-hydrogen) atoms. The van der Waals surface area contributed by atoms with Gasteiger partial charge in [0.15, 0.2) is 5.78 Å². The lowest BCUT2D eigenvalue weighted by Gasteiger charge is -2.41. The monoisotopic (exact) mass is 1630 g/mol. The molecule has 0 unspecified atom stereocenters. The number of allylic oxidation sites excluding steroid dienone is 3. The Labute approximate surface area is 683 Å². The minimum absolute atomic E-state index is 0.00411.